The summed E-state index contributed by atoms with van der Waals surface area (Å²) in [5.74, 6) is 1.71. The second kappa shape index (κ2) is 7.47. The standard InChI is InChI=1S/C22H23N3/c1-3-9-17(10-4-1)15-16-21-24-20-14-8-7-13-19(20)22(25-21)23-18-11-5-2-6-12-18/h1,3-4,7-10,13-16,18H,2,5-6,11-12H2,(H,23,24,25). The third-order valence-corrected chi connectivity index (χ3v) is 4.79. The molecule has 0 amide bonds. The molecule has 1 heterocycles. The summed E-state index contributed by atoms with van der Waals surface area (Å²) in [5, 5.41) is 4.78. The Labute approximate surface area is 148 Å². The van der Waals surface area contributed by atoms with Gasteiger partial charge < -0.3 is 5.32 Å². The van der Waals surface area contributed by atoms with E-state index in [0.717, 1.165) is 28.1 Å². The van der Waals surface area contributed by atoms with Gasteiger partial charge in [-0.15, -0.1) is 0 Å². The summed E-state index contributed by atoms with van der Waals surface area (Å²) in [6, 6.07) is 19.0. The molecule has 126 valence electrons. The lowest BCUT2D eigenvalue weighted by atomic mass is 9.95. The Bertz CT molecular complexity index is 865. The second-order valence-corrected chi connectivity index (χ2v) is 6.67. The van der Waals surface area contributed by atoms with Crippen molar-refractivity contribution in [3.05, 3.63) is 66.0 Å². The summed E-state index contributed by atoms with van der Waals surface area (Å²) in [7, 11) is 0. The van der Waals surface area contributed by atoms with Gasteiger partial charge in [0.2, 0.25) is 0 Å². The van der Waals surface area contributed by atoms with Crippen LogP contribution in [0.15, 0.2) is 54.6 Å². The maximum atomic E-state index is 4.80. The third-order valence-electron chi connectivity index (χ3n) is 4.79. The van der Waals surface area contributed by atoms with Gasteiger partial charge in [0, 0.05) is 11.4 Å². The Morgan fingerprint density at radius 2 is 1.56 bits per heavy atom. The molecule has 25 heavy (non-hydrogen) atoms. The van der Waals surface area contributed by atoms with Crippen LogP contribution >= 0.6 is 0 Å². The number of fused-ring (bicyclic) bond motifs is 1. The number of aromatic nitrogens is 2. The molecular formula is C22H23N3. The van der Waals surface area contributed by atoms with E-state index in [0.29, 0.717) is 6.04 Å². The van der Waals surface area contributed by atoms with Crippen molar-refractivity contribution in [2.45, 2.75) is 38.1 Å². The highest BCUT2D eigenvalue weighted by atomic mass is 15.1. The Hall–Kier alpha value is -2.68. The second-order valence-electron chi connectivity index (χ2n) is 6.67. The lowest BCUT2D eigenvalue weighted by Gasteiger charge is -2.24. The SMILES string of the molecule is C(=Cc1nc(NC2CCCCC2)c2ccccc2n1)c1ccccc1. The molecule has 0 spiro atoms. The maximum Gasteiger partial charge on any atom is 0.154 e. The van der Waals surface area contributed by atoms with E-state index >= 15 is 0 Å². The number of rotatable bonds is 4. The van der Waals surface area contributed by atoms with Crippen LogP contribution in [0.25, 0.3) is 23.1 Å². The summed E-state index contributed by atoms with van der Waals surface area (Å²) in [6.07, 6.45) is 10.5. The van der Waals surface area contributed by atoms with Crippen LogP contribution in [-0.4, -0.2) is 16.0 Å². The summed E-state index contributed by atoms with van der Waals surface area (Å²) in [4.78, 5) is 9.51. The van der Waals surface area contributed by atoms with Crippen LogP contribution in [0.4, 0.5) is 5.82 Å². The van der Waals surface area contributed by atoms with Crippen LogP contribution in [0, 0.1) is 0 Å². The molecular weight excluding hydrogens is 306 g/mol. The van der Waals surface area contributed by atoms with E-state index in [1.807, 2.05) is 30.3 Å². The number of hydrogen-bond acceptors (Lipinski definition) is 3. The van der Waals surface area contributed by atoms with Gasteiger partial charge in [-0.05, 0) is 36.6 Å². The number of benzene rings is 2. The van der Waals surface area contributed by atoms with Gasteiger partial charge >= 0.3 is 0 Å². The fraction of sp³-hybridized carbons (Fsp3) is 0.273. The fourth-order valence-electron chi connectivity index (χ4n) is 3.45. The van der Waals surface area contributed by atoms with Crippen molar-refractivity contribution in [1.29, 1.82) is 0 Å². The van der Waals surface area contributed by atoms with E-state index in [1.165, 1.54) is 32.1 Å². The first-order valence-electron chi connectivity index (χ1n) is 9.15. The summed E-state index contributed by atoms with van der Waals surface area (Å²) in [5.41, 5.74) is 2.14. The zero-order valence-electron chi connectivity index (χ0n) is 14.4. The van der Waals surface area contributed by atoms with E-state index in [-0.39, 0.29) is 0 Å². The molecule has 0 bridgehead atoms. The molecule has 1 fully saturated rings. The molecule has 1 aliphatic rings. The monoisotopic (exact) mass is 329 g/mol. The zero-order chi connectivity index (χ0) is 16.9. The van der Waals surface area contributed by atoms with Crippen molar-refractivity contribution >= 4 is 28.9 Å². The minimum absolute atomic E-state index is 0.526. The zero-order valence-corrected chi connectivity index (χ0v) is 14.4. The number of nitrogens with zero attached hydrogens (tertiary/aromatic N) is 2. The first kappa shape index (κ1) is 15.8. The minimum atomic E-state index is 0.526. The quantitative estimate of drug-likeness (QED) is 0.682. The average Bonchev–Trinajstić information content (AvgIpc) is 2.68. The van der Waals surface area contributed by atoms with Gasteiger partial charge in [0.15, 0.2) is 5.82 Å². The third kappa shape index (κ3) is 3.87. The molecule has 3 aromatic rings. The van der Waals surface area contributed by atoms with Crippen LogP contribution in [0.1, 0.15) is 43.5 Å². The molecule has 1 aliphatic carbocycles. The topological polar surface area (TPSA) is 37.8 Å². The van der Waals surface area contributed by atoms with Crippen molar-refractivity contribution in [3.8, 4) is 0 Å². The van der Waals surface area contributed by atoms with E-state index in [1.54, 1.807) is 0 Å². The Kier molecular flexibility index (Phi) is 4.73. The van der Waals surface area contributed by atoms with Gasteiger partial charge in [-0.3, -0.25) is 0 Å². The predicted octanol–water partition coefficient (Wildman–Crippen LogP) is 5.54. The van der Waals surface area contributed by atoms with E-state index in [9.17, 15) is 0 Å². The van der Waals surface area contributed by atoms with Crippen LogP contribution in [-0.2, 0) is 0 Å². The smallest absolute Gasteiger partial charge is 0.154 e. The number of nitrogens with one attached hydrogen (secondary N) is 1. The minimum Gasteiger partial charge on any atom is -0.367 e. The van der Waals surface area contributed by atoms with Crippen molar-refractivity contribution in [3.63, 3.8) is 0 Å². The van der Waals surface area contributed by atoms with E-state index < -0.39 is 0 Å². The van der Waals surface area contributed by atoms with Gasteiger partial charge in [-0.1, -0.05) is 67.8 Å². The van der Waals surface area contributed by atoms with Crippen LogP contribution in [0.2, 0.25) is 0 Å². The first-order valence-corrected chi connectivity index (χ1v) is 9.15. The molecule has 3 nitrogen and oxygen atoms in total. The first-order chi connectivity index (χ1) is 12.4. The maximum absolute atomic E-state index is 4.80. The highest BCUT2D eigenvalue weighted by Gasteiger charge is 2.15. The Morgan fingerprint density at radius 3 is 2.40 bits per heavy atom. The molecule has 0 aliphatic heterocycles. The molecule has 4 rings (SSSR count). The van der Waals surface area contributed by atoms with Gasteiger partial charge in [-0.25, -0.2) is 9.97 Å². The Morgan fingerprint density at radius 1 is 0.800 bits per heavy atom. The van der Waals surface area contributed by atoms with Gasteiger partial charge in [0.25, 0.3) is 0 Å². The largest absolute Gasteiger partial charge is 0.367 e. The molecule has 1 N–H and O–H groups in total. The average molecular weight is 329 g/mol. The van der Waals surface area contributed by atoms with Crippen LogP contribution in [0.5, 0.6) is 0 Å². The van der Waals surface area contributed by atoms with Gasteiger partial charge in [0.1, 0.15) is 5.82 Å². The number of para-hydroxylation sites is 1. The molecule has 1 saturated carbocycles. The highest BCUT2D eigenvalue weighted by Crippen LogP contribution is 2.25. The molecule has 0 saturated heterocycles. The summed E-state index contributed by atoms with van der Waals surface area (Å²) < 4.78 is 0. The molecule has 2 aromatic carbocycles. The van der Waals surface area contributed by atoms with E-state index in [2.05, 4.69) is 41.7 Å². The molecule has 0 atom stereocenters. The summed E-state index contributed by atoms with van der Waals surface area (Å²) >= 11 is 0. The van der Waals surface area contributed by atoms with Crippen molar-refractivity contribution in [1.82, 2.24) is 9.97 Å². The molecule has 3 heteroatoms. The number of anilines is 1. The molecule has 1 aromatic heterocycles. The summed E-state index contributed by atoms with van der Waals surface area (Å²) in [6.45, 7) is 0. The van der Waals surface area contributed by atoms with Crippen molar-refractivity contribution < 1.29 is 0 Å². The van der Waals surface area contributed by atoms with Gasteiger partial charge in [0.05, 0.1) is 5.52 Å². The fourth-order valence-corrected chi connectivity index (χ4v) is 3.45. The van der Waals surface area contributed by atoms with Crippen LogP contribution in [0.3, 0.4) is 0 Å². The normalized spacial score (nSPS) is 15.7. The lowest BCUT2D eigenvalue weighted by Crippen LogP contribution is -2.23. The van der Waals surface area contributed by atoms with Crippen molar-refractivity contribution in [2.24, 2.45) is 0 Å². The number of hydrogen-bond donors (Lipinski definition) is 1. The van der Waals surface area contributed by atoms with E-state index in [4.69, 9.17) is 9.97 Å². The van der Waals surface area contributed by atoms with Crippen LogP contribution < -0.4 is 5.32 Å². The molecule has 0 radical (unpaired) electrons. The lowest BCUT2D eigenvalue weighted by molar-refractivity contribution is 0.462. The van der Waals surface area contributed by atoms with Crippen molar-refractivity contribution in [2.75, 3.05) is 5.32 Å². The Balaban J connectivity index is 1.66. The highest BCUT2D eigenvalue weighted by molar-refractivity contribution is 5.90. The predicted molar refractivity (Wildman–Crippen MR) is 105 cm³/mol. The molecule has 0 unspecified atom stereocenters. The van der Waals surface area contributed by atoms with Gasteiger partial charge in [-0.2, -0.15) is 0 Å².